The first-order valence-electron chi connectivity index (χ1n) is 7.86. The molecule has 0 fully saturated rings. The van der Waals surface area contributed by atoms with Crippen molar-refractivity contribution in [3.05, 3.63) is 65.5 Å². The average Bonchev–Trinajstić information content (AvgIpc) is 2.65. The molecule has 0 bridgehead atoms. The second-order valence-corrected chi connectivity index (χ2v) is 5.09. The van der Waals surface area contributed by atoms with E-state index in [0.29, 0.717) is 12.4 Å². The molecule has 0 aliphatic heterocycles. The van der Waals surface area contributed by atoms with Crippen LogP contribution in [0.25, 0.3) is 0 Å². The van der Waals surface area contributed by atoms with E-state index < -0.39 is 23.5 Å². The third kappa shape index (κ3) is 5.04. The van der Waals surface area contributed by atoms with Crippen LogP contribution in [-0.2, 0) is 4.79 Å². The Kier molecular flexibility index (Phi) is 6.67. The molecule has 3 amide bonds. The lowest BCUT2D eigenvalue weighted by Crippen LogP contribution is -2.46. The Hall–Kier alpha value is -3.42. The number of rotatable bonds is 6. The number of ether oxygens (including phenoxy) is 1. The predicted molar refractivity (Wildman–Crippen MR) is 92.0 cm³/mol. The minimum Gasteiger partial charge on any atom is -0.493 e. The Bertz CT molecular complexity index is 811. The van der Waals surface area contributed by atoms with E-state index in [9.17, 15) is 18.8 Å². The number of benzene rings is 2. The summed E-state index contributed by atoms with van der Waals surface area (Å²) in [5.41, 5.74) is 4.27. The van der Waals surface area contributed by atoms with Gasteiger partial charge in [0.15, 0.2) is 0 Å². The van der Waals surface area contributed by atoms with E-state index in [1.807, 2.05) is 0 Å². The molecule has 0 aliphatic rings. The zero-order chi connectivity index (χ0) is 18.9. The molecule has 2 aromatic carbocycles. The first kappa shape index (κ1) is 18.9. The topological polar surface area (TPSA) is 96.5 Å². The number of hydrogen-bond acceptors (Lipinski definition) is 4. The van der Waals surface area contributed by atoms with Gasteiger partial charge in [-0.1, -0.05) is 24.3 Å². The summed E-state index contributed by atoms with van der Waals surface area (Å²) in [6.45, 7) is 1.81. The summed E-state index contributed by atoms with van der Waals surface area (Å²) < 4.78 is 18.8. The first-order chi connectivity index (χ1) is 12.5. The maximum atomic E-state index is 13.5. The van der Waals surface area contributed by atoms with E-state index in [1.54, 1.807) is 31.2 Å². The van der Waals surface area contributed by atoms with Crippen LogP contribution in [0.4, 0.5) is 4.39 Å². The quantitative estimate of drug-likeness (QED) is 0.680. The minimum atomic E-state index is -0.801. The molecule has 0 unspecified atom stereocenters. The standard InChI is InChI=1S/C18H18FN3O4/c1-2-26-15-10-6-4-8-13(15)17(24)20-11-16(23)21-22-18(25)12-7-3-5-9-14(12)19/h3-10H,2,11H2,1H3,(H,20,24)(H,21,23)(H,22,25). The zero-order valence-electron chi connectivity index (χ0n) is 14.0. The van der Waals surface area contributed by atoms with Crippen molar-refractivity contribution in [2.45, 2.75) is 6.92 Å². The number of amides is 3. The summed E-state index contributed by atoms with van der Waals surface area (Å²) in [4.78, 5) is 35.7. The summed E-state index contributed by atoms with van der Waals surface area (Å²) in [5, 5.41) is 2.42. The van der Waals surface area contributed by atoms with Crippen LogP contribution in [0.2, 0.25) is 0 Å². The van der Waals surface area contributed by atoms with Crippen molar-refractivity contribution in [1.29, 1.82) is 0 Å². The van der Waals surface area contributed by atoms with Crippen molar-refractivity contribution in [2.75, 3.05) is 13.2 Å². The third-order valence-corrected chi connectivity index (χ3v) is 3.27. The van der Waals surface area contributed by atoms with Crippen LogP contribution < -0.4 is 20.9 Å². The monoisotopic (exact) mass is 359 g/mol. The van der Waals surface area contributed by atoms with Crippen molar-refractivity contribution in [3.63, 3.8) is 0 Å². The average molecular weight is 359 g/mol. The fraction of sp³-hybridized carbons (Fsp3) is 0.167. The van der Waals surface area contributed by atoms with Crippen molar-refractivity contribution < 1.29 is 23.5 Å². The number of carbonyl (C=O) groups is 3. The van der Waals surface area contributed by atoms with Crippen molar-refractivity contribution in [2.24, 2.45) is 0 Å². The van der Waals surface area contributed by atoms with Crippen molar-refractivity contribution in [3.8, 4) is 5.75 Å². The summed E-state index contributed by atoms with van der Waals surface area (Å²) >= 11 is 0. The molecule has 0 atom stereocenters. The van der Waals surface area contributed by atoms with Crippen LogP contribution in [0.1, 0.15) is 27.6 Å². The summed E-state index contributed by atoms with van der Waals surface area (Å²) in [6.07, 6.45) is 0. The predicted octanol–water partition coefficient (Wildman–Crippen LogP) is 1.42. The SMILES string of the molecule is CCOc1ccccc1C(=O)NCC(=O)NNC(=O)c1ccccc1F. The first-order valence-corrected chi connectivity index (χ1v) is 7.86. The maximum absolute atomic E-state index is 13.5. The minimum absolute atomic E-state index is 0.206. The van der Waals surface area contributed by atoms with Crippen LogP contribution >= 0.6 is 0 Å². The Morgan fingerprint density at radius 2 is 1.58 bits per heavy atom. The van der Waals surface area contributed by atoms with Gasteiger partial charge in [0.2, 0.25) is 0 Å². The molecule has 2 rings (SSSR count). The third-order valence-electron chi connectivity index (χ3n) is 3.27. The highest BCUT2D eigenvalue weighted by Crippen LogP contribution is 2.17. The van der Waals surface area contributed by atoms with Gasteiger partial charge in [0.05, 0.1) is 24.3 Å². The van der Waals surface area contributed by atoms with Gasteiger partial charge in [0.1, 0.15) is 11.6 Å². The van der Waals surface area contributed by atoms with Crippen LogP contribution in [0.5, 0.6) is 5.75 Å². The normalized spacial score (nSPS) is 9.92. The molecule has 3 N–H and O–H groups in total. The summed E-state index contributed by atoms with van der Waals surface area (Å²) in [5.74, 6) is -2.27. The van der Waals surface area contributed by atoms with E-state index in [1.165, 1.54) is 18.2 Å². The van der Waals surface area contributed by atoms with Crippen LogP contribution in [-0.4, -0.2) is 30.9 Å². The number of carbonyl (C=O) groups excluding carboxylic acids is 3. The Balaban J connectivity index is 1.84. The van der Waals surface area contributed by atoms with Crippen molar-refractivity contribution >= 4 is 17.7 Å². The molecule has 0 saturated carbocycles. The number of para-hydroxylation sites is 1. The molecular weight excluding hydrogens is 341 g/mol. The van der Waals surface area contributed by atoms with E-state index in [0.717, 1.165) is 6.07 Å². The van der Waals surface area contributed by atoms with Crippen LogP contribution in [0, 0.1) is 5.82 Å². The second-order valence-electron chi connectivity index (χ2n) is 5.09. The summed E-state index contributed by atoms with van der Waals surface area (Å²) in [6, 6.07) is 12.0. The van der Waals surface area contributed by atoms with Gasteiger partial charge in [-0.25, -0.2) is 4.39 Å². The fourth-order valence-electron chi connectivity index (χ4n) is 2.07. The van der Waals surface area contributed by atoms with E-state index >= 15 is 0 Å². The number of hydrogen-bond donors (Lipinski definition) is 3. The van der Waals surface area contributed by atoms with Crippen LogP contribution in [0.3, 0.4) is 0 Å². The molecule has 136 valence electrons. The largest absolute Gasteiger partial charge is 0.493 e. The molecule has 2 aromatic rings. The molecule has 26 heavy (non-hydrogen) atoms. The molecule has 7 nitrogen and oxygen atoms in total. The van der Waals surface area contributed by atoms with Crippen molar-refractivity contribution in [1.82, 2.24) is 16.2 Å². The molecule has 0 radical (unpaired) electrons. The van der Waals surface area contributed by atoms with Gasteiger partial charge in [-0.2, -0.15) is 0 Å². The lowest BCUT2D eigenvalue weighted by Gasteiger charge is -2.11. The fourth-order valence-corrected chi connectivity index (χ4v) is 2.07. The highest BCUT2D eigenvalue weighted by Gasteiger charge is 2.14. The second kappa shape index (κ2) is 9.16. The summed E-state index contributed by atoms with van der Waals surface area (Å²) in [7, 11) is 0. The molecule has 0 aliphatic carbocycles. The molecule has 8 heteroatoms. The zero-order valence-corrected chi connectivity index (χ0v) is 14.0. The van der Waals surface area contributed by atoms with Gasteiger partial charge < -0.3 is 10.1 Å². The Morgan fingerprint density at radius 3 is 2.27 bits per heavy atom. The smallest absolute Gasteiger partial charge is 0.272 e. The maximum Gasteiger partial charge on any atom is 0.272 e. The number of hydrazine groups is 1. The molecule has 0 heterocycles. The Labute approximate surface area is 149 Å². The Morgan fingerprint density at radius 1 is 0.923 bits per heavy atom. The molecule has 0 aromatic heterocycles. The highest BCUT2D eigenvalue weighted by atomic mass is 19.1. The number of nitrogens with one attached hydrogen (secondary N) is 3. The van der Waals surface area contributed by atoms with Gasteiger partial charge in [-0.3, -0.25) is 25.2 Å². The lowest BCUT2D eigenvalue weighted by atomic mass is 10.2. The molecule has 0 saturated heterocycles. The van der Waals surface area contributed by atoms with Gasteiger partial charge in [0, 0.05) is 0 Å². The highest BCUT2D eigenvalue weighted by molar-refractivity contribution is 5.99. The van der Waals surface area contributed by atoms with E-state index in [4.69, 9.17) is 4.74 Å². The van der Waals surface area contributed by atoms with E-state index in [-0.39, 0.29) is 17.7 Å². The lowest BCUT2D eigenvalue weighted by molar-refractivity contribution is -0.120. The van der Waals surface area contributed by atoms with Gasteiger partial charge in [-0.05, 0) is 31.2 Å². The number of halogens is 1. The molecule has 0 spiro atoms. The molecular formula is C18H18FN3O4. The van der Waals surface area contributed by atoms with Crippen LogP contribution in [0.15, 0.2) is 48.5 Å². The van der Waals surface area contributed by atoms with Gasteiger partial charge in [-0.15, -0.1) is 0 Å². The van der Waals surface area contributed by atoms with Gasteiger partial charge in [0.25, 0.3) is 17.7 Å². The van der Waals surface area contributed by atoms with Gasteiger partial charge >= 0.3 is 0 Å². The van der Waals surface area contributed by atoms with E-state index in [2.05, 4.69) is 16.2 Å².